The summed E-state index contributed by atoms with van der Waals surface area (Å²) in [6, 6.07) is 14.1. The van der Waals surface area contributed by atoms with Crippen LogP contribution in [-0.4, -0.2) is 53.0 Å². The lowest BCUT2D eigenvalue weighted by Crippen LogP contribution is -1.99. The van der Waals surface area contributed by atoms with E-state index in [-0.39, 0.29) is 23.1 Å². The standard InChI is InChI=1S/C28H24N6O6/c35-27(36)23-25(31-33-29-23)39-21-16-14-19(15-17-21)10-7-5-3-1-2-4-6-8-11-20-12-9-13-22(18-20)40-26-24(28(37)38)30-34-32-26/h9,12-18H,1-6H2,(H,35,36)(H,37,38)(H,29,31,33)(H,30,32,34). The van der Waals surface area contributed by atoms with Crippen LogP contribution in [0.3, 0.4) is 0 Å². The Kier molecular flexibility index (Phi) is 9.45. The quantitative estimate of drug-likeness (QED) is 0.155. The molecule has 0 saturated heterocycles. The van der Waals surface area contributed by atoms with E-state index in [0.717, 1.165) is 49.7 Å². The number of aromatic nitrogens is 6. The van der Waals surface area contributed by atoms with E-state index >= 15 is 0 Å². The molecule has 0 aliphatic carbocycles. The normalized spacial score (nSPS) is 10.1. The van der Waals surface area contributed by atoms with Crippen molar-refractivity contribution >= 4 is 11.9 Å². The van der Waals surface area contributed by atoms with E-state index in [1.807, 2.05) is 6.07 Å². The second-order valence-electron chi connectivity index (χ2n) is 8.36. The van der Waals surface area contributed by atoms with Crippen LogP contribution in [-0.2, 0) is 0 Å². The maximum absolute atomic E-state index is 11.1. The highest BCUT2D eigenvalue weighted by Gasteiger charge is 2.17. The van der Waals surface area contributed by atoms with Crippen molar-refractivity contribution in [3.63, 3.8) is 0 Å². The Morgan fingerprint density at radius 1 is 0.700 bits per heavy atom. The summed E-state index contributed by atoms with van der Waals surface area (Å²) in [5, 5.41) is 36.8. The van der Waals surface area contributed by atoms with Crippen LogP contribution in [0, 0.1) is 23.7 Å². The van der Waals surface area contributed by atoms with Gasteiger partial charge in [-0.3, -0.25) is 0 Å². The molecule has 4 aromatic rings. The number of carboxylic acid groups (broad SMARTS) is 2. The molecule has 2 heterocycles. The van der Waals surface area contributed by atoms with Crippen LogP contribution in [0.25, 0.3) is 0 Å². The molecule has 0 aliphatic heterocycles. The summed E-state index contributed by atoms with van der Waals surface area (Å²) >= 11 is 0. The van der Waals surface area contributed by atoms with Gasteiger partial charge in [-0.2, -0.15) is 0 Å². The first-order chi connectivity index (χ1) is 19.5. The summed E-state index contributed by atoms with van der Waals surface area (Å²) < 4.78 is 11.0. The summed E-state index contributed by atoms with van der Waals surface area (Å²) in [7, 11) is 0. The molecule has 0 atom stereocenters. The average Bonchev–Trinajstić information content (AvgIpc) is 3.61. The summed E-state index contributed by atoms with van der Waals surface area (Å²) in [5.74, 6) is 10.9. The van der Waals surface area contributed by atoms with Gasteiger partial charge in [0.25, 0.3) is 11.8 Å². The number of aromatic amines is 2. The number of unbranched alkanes of at least 4 members (excludes halogenated alkanes) is 5. The average molecular weight is 541 g/mol. The van der Waals surface area contributed by atoms with Gasteiger partial charge < -0.3 is 19.7 Å². The van der Waals surface area contributed by atoms with E-state index in [9.17, 15) is 9.59 Å². The molecule has 0 radical (unpaired) electrons. The summed E-state index contributed by atoms with van der Waals surface area (Å²) in [4.78, 5) is 22.2. The molecule has 0 saturated carbocycles. The number of aromatic carboxylic acids is 2. The minimum atomic E-state index is -1.23. The highest BCUT2D eigenvalue weighted by Crippen LogP contribution is 2.23. The van der Waals surface area contributed by atoms with Crippen LogP contribution >= 0.6 is 0 Å². The monoisotopic (exact) mass is 540 g/mol. The second kappa shape index (κ2) is 13.8. The van der Waals surface area contributed by atoms with E-state index in [1.54, 1.807) is 42.5 Å². The SMILES string of the molecule is O=C(O)c1nn[nH]c1Oc1ccc(C#CCCCCCCC#Cc2cccc(Oc3[nH]nnc3C(=O)O)c2)cc1. The Labute approximate surface area is 228 Å². The first-order valence-corrected chi connectivity index (χ1v) is 12.3. The van der Waals surface area contributed by atoms with E-state index in [0.29, 0.717) is 11.5 Å². The zero-order valence-electron chi connectivity index (χ0n) is 21.2. The van der Waals surface area contributed by atoms with Gasteiger partial charge in [0.15, 0.2) is 0 Å². The van der Waals surface area contributed by atoms with Gasteiger partial charge in [0.2, 0.25) is 11.4 Å². The highest BCUT2D eigenvalue weighted by molar-refractivity contribution is 5.88. The second-order valence-corrected chi connectivity index (χ2v) is 8.36. The summed E-state index contributed by atoms with van der Waals surface area (Å²) in [6.45, 7) is 0. The molecule has 2 aromatic carbocycles. The van der Waals surface area contributed by atoms with Gasteiger partial charge in [-0.1, -0.05) is 53.0 Å². The molecule has 0 spiro atoms. The van der Waals surface area contributed by atoms with Gasteiger partial charge >= 0.3 is 11.9 Å². The zero-order chi connectivity index (χ0) is 28.2. The number of carboxylic acids is 2. The van der Waals surface area contributed by atoms with Gasteiger partial charge in [0.1, 0.15) is 11.5 Å². The van der Waals surface area contributed by atoms with Crippen molar-refractivity contribution in [1.29, 1.82) is 0 Å². The number of hydrogen-bond donors (Lipinski definition) is 4. The maximum Gasteiger partial charge on any atom is 0.362 e. The Balaban J connectivity index is 1.13. The molecule has 4 N–H and O–H groups in total. The van der Waals surface area contributed by atoms with Crippen molar-refractivity contribution in [3.8, 4) is 46.9 Å². The smallest absolute Gasteiger partial charge is 0.362 e. The predicted molar refractivity (Wildman–Crippen MR) is 141 cm³/mol. The zero-order valence-corrected chi connectivity index (χ0v) is 21.2. The van der Waals surface area contributed by atoms with Crippen molar-refractivity contribution in [2.24, 2.45) is 0 Å². The molecule has 12 nitrogen and oxygen atoms in total. The van der Waals surface area contributed by atoms with Gasteiger partial charge in [-0.05, 0) is 55.3 Å². The van der Waals surface area contributed by atoms with Crippen LogP contribution in [0.2, 0.25) is 0 Å². The number of nitrogens with one attached hydrogen (secondary N) is 2. The number of ether oxygens (including phenoxy) is 2. The molecule has 4 rings (SSSR count). The van der Waals surface area contributed by atoms with Crippen LogP contribution in [0.5, 0.6) is 23.3 Å². The Morgan fingerprint density at radius 2 is 1.25 bits per heavy atom. The van der Waals surface area contributed by atoms with Crippen molar-refractivity contribution in [2.75, 3.05) is 0 Å². The highest BCUT2D eigenvalue weighted by atomic mass is 16.5. The van der Waals surface area contributed by atoms with Crippen molar-refractivity contribution in [2.45, 2.75) is 38.5 Å². The van der Waals surface area contributed by atoms with E-state index in [1.165, 1.54) is 0 Å². The Bertz CT molecular complexity index is 1590. The largest absolute Gasteiger partial charge is 0.476 e. The molecule has 0 aliphatic rings. The number of H-pyrrole nitrogens is 2. The molecular formula is C28H24N6O6. The van der Waals surface area contributed by atoms with Crippen LogP contribution < -0.4 is 9.47 Å². The third-order valence-electron chi connectivity index (χ3n) is 5.39. The lowest BCUT2D eigenvalue weighted by atomic mass is 10.1. The molecule has 202 valence electrons. The molecule has 0 fully saturated rings. The predicted octanol–water partition coefficient (Wildman–Crippen LogP) is 4.65. The minimum Gasteiger partial charge on any atom is -0.476 e. The first-order valence-electron chi connectivity index (χ1n) is 12.3. The van der Waals surface area contributed by atoms with Crippen molar-refractivity contribution in [3.05, 3.63) is 71.0 Å². The fraction of sp³-hybridized carbons (Fsp3) is 0.214. The van der Waals surface area contributed by atoms with E-state index < -0.39 is 11.9 Å². The minimum absolute atomic E-state index is 0.0296. The fourth-order valence-electron chi connectivity index (χ4n) is 3.45. The fourth-order valence-corrected chi connectivity index (χ4v) is 3.45. The van der Waals surface area contributed by atoms with Crippen LogP contribution in [0.4, 0.5) is 0 Å². The summed E-state index contributed by atoms with van der Waals surface area (Å²) in [5.41, 5.74) is 1.03. The summed E-state index contributed by atoms with van der Waals surface area (Å²) in [6.07, 6.45) is 5.63. The van der Waals surface area contributed by atoms with Crippen molar-refractivity contribution < 1.29 is 29.3 Å². The Hall–Kier alpha value is -5.62. The number of nitrogens with zero attached hydrogens (tertiary/aromatic N) is 4. The van der Waals surface area contributed by atoms with Gasteiger partial charge in [0, 0.05) is 24.0 Å². The number of rotatable bonds is 11. The van der Waals surface area contributed by atoms with Crippen LogP contribution in [0.15, 0.2) is 48.5 Å². The van der Waals surface area contributed by atoms with Gasteiger partial charge in [-0.15, -0.1) is 10.2 Å². The van der Waals surface area contributed by atoms with Crippen LogP contribution in [0.1, 0.15) is 70.6 Å². The third kappa shape index (κ3) is 7.94. The van der Waals surface area contributed by atoms with Crippen molar-refractivity contribution in [1.82, 2.24) is 30.8 Å². The lowest BCUT2D eigenvalue weighted by molar-refractivity contribution is 0.0676. The van der Waals surface area contributed by atoms with E-state index in [2.05, 4.69) is 54.5 Å². The Morgan fingerprint density at radius 3 is 1.82 bits per heavy atom. The third-order valence-corrected chi connectivity index (χ3v) is 5.39. The maximum atomic E-state index is 11.1. The van der Waals surface area contributed by atoms with Gasteiger partial charge in [0.05, 0.1) is 0 Å². The molecule has 0 amide bonds. The number of carbonyl (C=O) groups is 2. The molecule has 0 unspecified atom stereocenters. The first kappa shape index (κ1) is 27.4. The molecule has 2 aromatic heterocycles. The molecule has 0 bridgehead atoms. The topological polar surface area (TPSA) is 176 Å². The molecule has 40 heavy (non-hydrogen) atoms. The molecular weight excluding hydrogens is 516 g/mol. The molecule has 12 heteroatoms. The number of benzene rings is 2. The lowest BCUT2D eigenvalue weighted by Gasteiger charge is -2.03. The number of hydrogen-bond acceptors (Lipinski definition) is 8. The van der Waals surface area contributed by atoms with Gasteiger partial charge in [-0.25, -0.2) is 19.8 Å². The van der Waals surface area contributed by atoms with E-state index in [4.69, 9.17) is 19.7 Å².